The van der Waals surface area contributed by atoms with Crippen molar-refractivity contribution in [2.45, 2.75) is 26.2 Å². The van der Waals surface area contributed by atoms with Gasteiger partial charge in [0, 0.05) is 0 Å². The molecule has 0 aromatic rings. The number of allylic oxidation sites excluding steroid dienone is 4. The normalized spacial score (nSPS) is 14.5. The van der Waals surface area contributed by atoms with Crippen LogP contribution in [0.15, 0.2) is 21.1 Å². The Balaban J connectivity index is 0. The molecule has 0 N–H and O–H groups in total. The Bertz CT molecular complexity index is 161. The first kappa shape index (κ1) is 13.8. The van der Waals surface area contributed by atoms with E-state index in [4.69, 9.17) is 0 Å². The molecule has 3 heteroatoms. The average molecular weight is 324 g/mol. The predicted molar refractivity (Wildman–Crippen MR) is 35.7 cm³/mol. The molecule has 0 atom stereocenters. The standard InChI is InChI=1S/C8H11.2FH.Hf/c1-2-5-8-6-3-4-7-8;;;/h6-7H,2-3,5H2,1H3;2*1H;/q;;;+2/p-2. The summed E-state index contributed by atoms with van der Waals surface area (Å²) in [6, 6.07) is 0. The molecule has 0 amide bonds. The molecular formula is C8H11F2Hf. The molecule has 0 radical (unpaired) electrons. The van der Waals surface area contributed by atoms with Crippen molar-refractivity contribution < 1.29 is 33.8 Å². The van der Waals surface area contributed by atoms with Gasteiger partial charge < -0.3 is 9.41 Å². The van der Waals surface area contributed by atoms with Gasteiger partial charge in [0.15, 0.2) is 0 Å². The van der Waals surface area contributed by atoms with Gasteiger partial charge in [-0.3, -0.25) is 0 Å². The molecule has 0 aromatic carbocycles. The van der Waals surface area contributed by atoms with Gasteiger partial charge >= 0.3 is 71.6 Å². The van der Waals surface area contributed by atoms with Crippen LogP contribution in [-0.4, -0.2) is 0 Å². The van der Waals surface area contributed by atoms with E-state index in [-0.39, 0.29) is 9.41 Å². The Hall–Kier alpha value is 0.210. The van der Waals surface area contributed by atoms with E-state index in [0.717, 1.165) is 0 Å². The molecule has 0 heterocycles. The Labute approximate surface area is 81.1 Å². The smallest absolute Gasteiger partial charge is 1.00 e. The van der Waals surface area contributed by atoms with Gasteiger partial charge in [-0.15, -0.1) is 0 Å². The van der Waals surface area contributed by atoms with Crippen LogP contribution in [0.4, 0.5) is 0 Å². The van der Waals surface area contributed by atoms with Crippen molar-refractivity contribution in [3.8, 4) is 0 Å². The first-order valence-electron chi connectivity index (χ1n) is 3.44. The van der Waals surface area contributed by atoms with Gasteiger partial charge in [0.1, 0.15) is 0 Å². The number of rotatable bonds is 2. The minimum absolute atomic E-state index is 0. The number of hydrogen-bond acceptors (Lipinski definition) is 0. The van der Waals surface area contributed by atoms with E-state index in [1.54, 1.807) is 8.90 Å². The molecule has 61 valence electrons. The van der Waals surface area contributed by atoms with Crippen molar-refractivity contribution in [1.82, 2.24) is 0 Å². The summed E-state index contributed by atoms with van der Waals surface area (Å²) in [5, 5.41) is 0. The molecule has 1 rings (SSSR count). The van der Waals surface area contributed by atoms with Crippen molar-refractivity contribution >= 4 is 0 Å². The van der Waals surface area contributed by atoms with Gasteiger partial charge in [-0.05, 0) is 0 Å². The van der Waals surface area contributed by atoms with Gasteiger partial charge in [-0.2, -0.15) is 0 Å². The maximum Gasteiger partial charge on any atom is -1.00 e. The summed E-state index contributed by atoms with van der Waals surface area (Å²) in [6.45, 7) is 2.24. The van der Waals surface area contributed by atoms with E-state index < -0.39 is 0 Å². The second-order valence-electron chi connectivity index (χ2n) is 2.40. The molecule has 1 aliphatic carbocycles. The molecule has 1 aliphatic rings. The monoisotopic (exact) mass is 325 g/mol. The Kier molecular flexibility index (Phi) is 8.63. The van der Waals surface area contributed by atoms with Crippen LogP contribution in [0, 0.1) is 0 Å². The van der Waals surface area contributed by atoms with Gasteiger partial charge in [0.2, 0.25) is 0 Å². The summed E-state index contributed by atoms with van der Waals surface area (Å²) >= 11 is 1.26. The maximum atomic E-state index is 2.37. The SMILES string of the molecule is CCCC1=CC[C]([Hf+2])=C1.[F-].[F-]. The van der Waals surface area contributed by atoms with Crippen molar-refractivity contribution in [2.75, 3.05) is 0 Å². The second-order valence-corrected chi connectivity index (χ2v) is 4.71. The van der Waals surface area contributed by atoms with E-state index in [2.05, 4.69) is 19.1 Å². The van der Waals surface area contributed by atoms with Crippen LogP contribution in [0.5, 0.6) is 0 Å². The molecule has 0 saturated carbocycles. The van der Waals surface area contributed by atoms with Crippen LogP contribution in [0.25, 0.3) is 0 Å². The fraction of sp³-hybridized carbons (Fsp3) is 0.500. The van der Waals surface area contributed by atoms with Crippen molar-refractivity contribution in [1.29, 1.82) is 0 Å². The fourth-order valence-corrected chi connectivity index (χ4v) is 2.08. The Morgan fingerprint density at radius 1 is 1.45 bits per heavy atom. The molecule has 0 spiro atoms. The van der Waals surface area contributed by atoms with Gasteiger partial charge in [-0.1, -0.05) is 0 Å². The van der Waals surface area contributed by atoms with Crippen molar-refractivity contribution in [2.24, 2.45) is 0 Å². The van der Waals surface area contributed by atoms with Crippen LogP contribution in [0.2, 0.25) is 0 Å². The zero-order valence-electron chi connectivity index (χ0n) is 6.53. The summed E-state index contributed by atoms with van der Waals surface area (Å²) in [5.74, 6) is 0. The largest absolute Gasteiger partial charge is 1.00 e. The van der Waals surface area contributed by atoms with E-state index in [1.807, 2.05) is 0 Å². The summed E-state index contributed by atoms with van der Waals surface area (Å²) < 4.78 is 1.65. The van der Waals surface area contributed by atoms with E-state index >= 15 is 0 Å². The molecule has 0 aromatic heterocycles. The van der Waals surface area contributed by atoms with E-state index in [0.29, 0.717) is 0 Å². The van der Waals surface area contributed by atoms with Crippen LogP contribution in [0.1, 0.15) is 26.2 Å². The maximum absolute atomic E-state index is 2.37. The predicted octanol–water partition coefficient (Wildman–Crippen LogP) is -3.44. The van der Waals surface area contributed by atoms with Crippen molar-refractivity contribution in [3.63, 3.8) is 0 Å². The molecule has 0 bridgehead atoms. The minimum atomic E-state index is 0. The third kappa shape index (κ3) is 4.62. The summed E-state index contributed by atoms with van der Waals surface area (Å²) in [7, 11) is 0. The topological polar surface area (TPSA) is 0 Å². The quantitative estimate of drug-likeness (QED) is 0.464. The minimum Gasteiger partial charge on any atom is -1.00 e. The third-order valence-electron chi connectivity index (χ3n) is 1.48. The third-order valence-corrected chi connectivity index (χ3v) is 2.73. The van der Waals surface area contributed by atoms with Gasteiger partial charge in [0.25, 0.3) is 0 Å². The first-order valence-corrected chi connectivity index (χ1v) is 5.23. The molecule has 0 unspecified atom stereocenters. The zero-order chi connectivity index (χ0) is 6.69. The van der Waals surface area contributed by atoms with Crippen molar-refractivity contribution in [3.05, 3.63) is 21.1 Å². The Morgan fingerprint density at radius 2 is 2.09 bits per heavy atom. The summed E-state index contributed by atoms with van der Waals surface area (Å²) in [4.78, 5) is 0. The van der Waals surface area contributed by atoms with E-state index in [9.17, 15) is 0 Å². The number of hydrogen-bond donors (Lipinski definition) is 0. The summed E-state index contributed by atoms with van der Waals surface area (Å²) in [5.41, 5.74) is 1.57. The van der Waals surface area contributed by atoms with Crippen LogP contribution in [-0.2, 0) is 24.4 Å². The van der Waals surface area contributed by atoms with Gasteiger partial charge in [-0.25, -0.2) is 0 Å². The molecule has 0 nitrogen and oxygen atoms in total. The molecule has 0 saturated heterocycles. The Morgan fingerprint density at radius 3 is 2.45 bits per heavy atom. The second kappa shape index (κ2) is 6.89. The first-order chi connectivity index (χ1) is 4.33. The van der Waals surface area contributed by atoms with Gasteiger partial charge in [0.05, 0.1) is 0 Å². The van der Waals surface area contributed by atoms with Crippen LogP contribution >= 0.6 is 0 Å². The van der Waals surface area contributed by atoms with Crippen LogP contribution in [0.3, 0.4) is 0 Å². The molecule has 11 heavy (non-hydrogen) atoms. The average Bonchev–Trinajstić information content (AvgIpc) is 2.17. The number of halogens is 2. The fourth-order valence-electron chi connectivity index (χ4n) is 1.05. The molecule has 0 aliphatic heterocycles. The van der Waals surface area contributed by atoms with E-state index in [1.165, 1.54) is 43.6 Å². The molecular weight excluding hydrogens is 313 g/mol. The zero-order valence-corrected chi connectivity index (χ0v) is 10.1. The summed E-state index contributed by atoms with van der Waals surface area (Å²) in [6.07, 6.45) is 8.56. The molecule has 0 fully saturated rings. The van der Waals surface area contributed by atoms with Crippen LogP contribution < -0.4 is 9.41 Å².